The first-order chi connectivity index (χ1) is 12.7. The molecule has 6 heteroatoms. The van der Waals surface area contributed by atoms with Crippen LogP contribution in [0.2, 0.25) is 0 Å². The topological polar surface area (TPSA) is 48.0 Å². The van der Waals surface area contributed by atoms with Crippen LogP contribution in [0.3, 0.4) is 0 Å². The van der Waals surface area contributed by atoms with E-state index in [1.165, 1.54) is 0 Å². The third kappa shape index (κ3) is 3.90. The lowest BCUT2D eigenvalue weighted by Crippen LogP contribution is -2.36. The van der Waals surface area contributed by atoms with Gasteiger partial charge in [-0.05, 0) is 29.8 Å². The minimum Gasteiger partial charge on any atom is -0.497 e. The van der Waals surface area contributed by atoms with E-state index in [9.17, 15) is 4.79 Å². The molecule has 0 saturated carbocycles. The Labute approximate surface area is 158 Å². The summed E-state index contributed by atoms with van der Waals surface area (Å²) in [6, 6.07) is 13.6. The quantitative estimate of drug-likeness (QED) is 0.769. The van der Waals surface area contributed by atoms with Crippen molar-refractivity contribution in [1.29, 1.82) is 0 Å². The summed E-state index contributed by atoms with van der Waals surface area (Å²) in [6.45, 7) is 0.531. The van der Waals surface area contributed by atoms with Gasteiger partial charge in [-0.3, -0.25) is 4.79 Å². The first kappa shape index (κ1) is 18.5. The second-order valence-corrected chi connectivity index (χ2v) is 7.14. The summed E-state index contributed by atoms with van der Waals surface area (Å²) < 4.78 is 16.1. The molecule has 0 spiro atoms. The summed E-state index contributed by atoms with van der Waals surface area (Å²) in [4.78, 5) is 14.6. The normalized spacial score (nSPS) is 17.1. The number of carbonyl (C=O) groups excluding carboxylic acids is 1. The van der Waals surface area contributed by atoms with Gasteiger partial charge in [0.1, 0.15) is 22.6 Å². The Hall–Kier alpha value is -2.34. The van der Waals surface area contributed by atoms with E-state index in [1.54, 1.807) is 33.1 Å². The zero-order valence-corrected chi connectivity index (χ0v) is 16.0. The molecule has 1 fully saturated rings. The third-order valence-electron chi connectivity index (χ3n) is 4.39. The van der Waals surface area contributed by atoms with Gasteiger partial charge in [-0.1, -0.05) is 12.1 Å². The van der Waals surface area contributed by atoms with E-state index in [0.29, 0.717) is 13.0 Å². The van der Waals surface area contributed by atoms with Crippen LogP contribution in [0.15, 0.2) is 42.5 Å². The molecule has 1 atom stereocenters. The first-order valence-electron chi connectivity index (χ1n) is 8.42. The van der Waals surface area contributed by atoms with E-state index in [2.05, 4.69) is 0 Å². The van der Waals surface area contributed by atoms with Gasteiger partial charge < -0.3 is 19.1 Å². The summed E-state index contributed by atoms with van der Waals surface area (Å²) in [6.07, 6.45) is 0.545. The molecular weight excluding hydrogens is 350 g/mol. The van der Waals surface area contributed by atoms with Crippen LogP contribution in [-0.4, -0.2) is 37.9 Å². The van der Waals surface area contributed by atoms with Crippen molar-refractivity contribution in [3.63, 3.8) is 0 Å². The Morgan fingerprint density at radius 1 is 1.04 bits per heavy atom. The number of hydrogen-bond acceptors (Lipinski definition) is 5. The van der Waals surface area contributed by atoms with Crippen LogP contribution in [0.1, 0.15) is 22.9 Å². The lowest BCUT2D eigenvalue weighted by atomic mass is 10.1. The number of ether oxygens (including phenoxy) is 3. The number of benzene rings is 2. The van der Waals surface area contributed by atoms with Crippen molar-refractivity contribution < 1.29 is 19.0 Å². The number of rotatable bonds is 6. The highest BCUT2D eigenvalue weighted by Gasteiger charge is 2.32. The maximum absolute atomic E-state index is 12.7. The van der Waals surface area contributed by atoms with E-state index in [-0.39, 0.29) is 11.3 Å². The fourth-order valence-electron chi connectivity index (χ4n) is 3.04. The number of methoxy groups -OCH3 is 3. The minimum atomic E-state index is -0.0942. The summed E-state index contributed by atoms with van der Waals surface area (Å²) in [5.74, 6) is 3.20. The molecule has 1 saturated heterocycles. The average molecular weight is 373 g/mol. The van der Waals surface area contributed by atoms with Crippen LogP contribution in [0.25, 0.3) is 0 Å². The van der Waals surface area contributed by atoms with Crippen molar-refractivity contribution in [1.82, 2.24) is 4.90 Å². The number of hydrogen-bond donors (Lipinski definition) is 0. The van der Waals surface area contributed by atoms with Gasteiger partial charge in [-0.15, -0.1) is 11.8 Å². The molecule has 1 amide bonds. The molecule has 1 aliphatic heterocycles. The van der Waals surface area contributed by atoms with Crippen LogP contribution in [-0.2, 0) is 11.3 Å². The molecule has 2 aromatic carbocycles. The Kier molecular flexibility index (Phi) is 5.93. The van der Waals surface area contributed by atoms with Crippen LogP contribution in [0, 0.1) is 0 Å². The number of carbonyl (C=O) groups is 1. The molecule has 0 bridgehead atoms. The van der Waals surface area contributed by atoms with E-state index in [4.69, 9.17) is 14.2 Å². The lowest BCUT2D eigenvalue weighted by molar-refractivity contribution is -0.132. The largest absolute Gasteiger partial charge is 0.497 e. The Balaban J connectivity index is 1.92. The van der Waals surface area contributed by atoms with Gasteiger partial charge in [0.2, 0.25) is 5.91 Å². The van der Waals surface area contributed by atoms with Gasteiger partial charge in [0, 0.05) is 30.3 Å². The fraction of sp³-hybridized carbons (Fsp3) is 0.350. The van der Waals surface area contributed by atoms with Crippen molar-refractivity contribution in [3.05, 3.63) is 53.6 Å². The maximum atomic E-state index is 12.7. The molecule has 138 valence electrons. The second kappa shape index (κ2) is 8.36. The molecule has 1 unspecified atom stereocenters. The van der Waals surface area contributed by atoms with E-state index in [0.717, 1.165) is 34.1 Å². The molecule has 1 aliphatic rings. The van der Waals surface area contributed by atoms with Crippen molar-refractivity contribution in [3.8, 4) is 17.2 Å². The fourth-order valence-corrected chi connectivity index (χ4v) is 4.30. The van der Waals surface area contributed by atoms with Crippen LogP contribution < -0.4 is 14.2 Å². The molecule has 0 aliphatic carbocycles. The molecule has 2 aromatic rings. The highest BCUT2D eigenvalue weighted by Crippen LogP contribution is 2.43. The SMILES string of the molecule is COc1cccc(CN2C(=O)CCSC2c2ccc(OC)cc2OC)c1. The summed E-state index contributed by atoms with van der Waals surface area (Å²) >= 11 is 1.75. The molecule has 26 heavy (non-hydrogen) atoms. The highest BCUT2D eigenvalue weighted by atomic mass is 32.2. The lowest BCUT2D eigenvalue weighted by Gasteiger charge is -2.36. The van der Waals surface area contributed by atoms with Gasteiger partial charge >= 0.3 is 0 Å². The molecule has 5 nitrogen and oxygen atoms in total. The van der Waals surface area contributed by atoms with Gasteiger partial charge in [-0.25, -0.2) is 0 Å². The average Bonchev–Trinajstić information content (AvgIpc) is 2.69. The van der Waals surface area contributed by atoms with Crippen LogP contribution >= 0.6 is 11.8 Å². The zero-order valence-electron chi connectivity index (χ0n) is 15.2. The number of thioether (sulfide) groups is 1. The minimum absolute atomic E-state index is 0.0942. The van der Waals surface area contributed by atoms with Gasteiger partial charge in [0.25, 0.3) is 0 Å². The second-order valence-electron chi connectivity index (χ2n) is 5.95. The van der Waals surface area contributed by atoms with Gasteiger partial charge in [0.05, 0.1) is 21.3 Å². The van der Waals surface area contributed by atoms with E-state index in [1.807, 2.05) is 47.4 Å². The first-order valence-corrected chi connectivity index (χ1v) is 9.47. The van der Waals surface area contributed by atoms with Gasteiger partial charge in [0.15, 0.2) is 0 Å². The number of amides is 1. The van der Waals surface area contributed by atoms with E-state index < -0.39 is 0 Å². The van der Waals surface area contributed by atoms with Crippen LogP contribution in [0.4, 0.5) is 0 Å². The maximum Gasteiger partial charge on any atom is 0.224 e. The third-order valence-corrected chi connectivity index (χ3v) is 5.65. The highest BCUT2D eigenvalue weighted by molar-refractivity contribution is 7.99. The smallest absolute Gasteiger partial charge is 0.224 e. The van der Waals surface area contributed by atoms with Crippen LogP contribution in [0.5, 0.6) is 17.2 Å². The Morgan fingerprint density at radius 3 is 2.54 bits per heavy atom. The predicted octanol–water partition coefficient (Wildman–Crippen LogP) is 3.88. The Morgan fingerprint density at radius 2 is 1.81 bits per heavy atom. The monoisotopic (exact) mass is 373 g/mol. The van der Waals surface area contributed by atoms with Gasteiger partial charge in [-0.2, -0.15) is 0 Å². The molecule has 3 rings (SSSR count). The van der Waals surface area contributed by atoms with Crippen molar-refractivity contribution in [2.45, 2.75) is 18.3 Å². The Bertz CT molecular complexity index is 780. The van der Waals surface area contributed by atoms with Crippen molar-refractivity contribution in [2.75, 3.05) is 27.1 Å². The molecule has 1 heterocycles. The summed E-state index contributed by atoms with van der Waals surface area (Å²) in [5.41, 5.74) is 2.02. The molecule has 0 aromatic heterocycles. The van der Waals surface area contributed by atoms with Crippen molar-refractivity contribution in [2.24, 2.45) is 0 Å². The number of nitrogens with zero attached hydrogens (tertiary/aromatic N) is 1. The summed E-state index contributed by atoms with van der Waals surface area (Å²) in [5, 5.41) is -0.0942. The molecule has 0 radical (unpaired) electrons. The van der Waals surface area contributed by atoms with E-state index >= 15 is 0 Å². The zero-order chi connectivity index (χ0) is 18.5. The standard InChI is InChI=1S/C20H23NO4S/c1-23-15-6-4-5-14(11-15)13-21-19(22)9-10-26-20(21)17-8-7-16(24-2)12-18(17)25-3/h4-8,11-12,20H,9-10,13H2,1-3H3. The molecule has 0 N–H and O–H groups in total. The predicted molar refractivity (Wildman–Crippen MR) is 103 cm³/mol. The summed E-state index contributed by atoms with van der Waals surface area (Å²) in [7, 11) is 4.91. The molecular formula is C20H23NO4S. The van der Waals surface area contributed by atoms with Crippen molar-refractivity contribution >= 4 is 17.7 Å².